The largest absolute Gasteiger partial charge is 0.399 e. The van der Waals surface area contributed by atoms with Gasteiger partial charge in [-0.05, 0) is 31.0 Å². The van der Waals surface area contributed by atoms with Crippen LogP contribution in [0.25, 0.3) is 0 Å². The number of nitrogens with zero attached hydrogens (tertiary/aromatic N) is 1. The normalized spacial score (nSPS) is 12.1. The maximum atomic E-state index is 12.0. The fourth-order valence-corrected chi connectivity index (χ4v) is 1.95. The standard InChI is InChI=1S/C15H24N4O2/c1-3-8-18-15(21)11(2)19(10-14(17)20)9-12-4-6-13(16)7-5-12/h4-7,11H,3,8-10,16H2,1-2H3,(H2,17,20)(H,18,21). The van der Waals surface area contributed by atoms with Crippen LogP contribution in [0.1, 0.15) is 25.8 Å². The lowest BCUT2D eigenvalue weighted by molar-refractivity contribution is -0.127. The first-order valence-electron chi connectivity index (χ1n) is 7.08. The first-order valence-corrected chi connectivity index (χ1v) is 7.08. The van der Waals surface area contributed by atoms with Gasteiger partial charge in [-0.3, -0.25) is 14.5 Å². The predicted molar refractivity (Wildman–Crippen MR) is 83.2 cm³/mol. The molecule has 0 aliphatic heterocycles. The summed E-state index contributed by atoms with van der Waals surface area (Å²) in [5.41, 5.74) is 12.6. The number of nitrogens with two attached hydrogens (primary N) is 2. The van der Waals surface area contributed by atoms with E-state index in [1.54, 1.807) is 24.0 Å². The number of benzene rings is 1. The predicted octanol–water partition coefficient (Wildman–Crippen LogP) is 0.471. The van der Waals surface area contributed by atoms with Crippen LogP contribution in [0.4, 0.5) is 5.69 Å². The molecule has 0 fully saturated rings. The van der Waals surface area contributed by atoms with Crippen LogP contribution in [-0.2, 0) is 16.1 Å². The van der Waals surface area contributed by atoms with Crippen molar-refractivity contribution in [3.05, 3.63) is 29.8 Å². The molecular weight excluding hydrogens is 268 g/mol. The van der Waals surface area contributed by atoms with Gasteiger partial charge in [-0.1, -0.05) is 19.1 Å². The van der Waals surface area contributed by atoms with E-state index in [0.717, 1.165) is 12.0 Å². The number of anilines is 1. The highest BCUT2D eigenvalue weighted by Gasteiger charge is 2.22. The van der Waals surface area contributed by atoms with Crippen LogP contribution in [0.5, 0.6) is 0 Å². The SMILES string of the molecule is CCCNC(=O)C(C)N(CC(N)=O)Cc1ccc(N)cc1. The van der Waals surface area contributed by atoms with E-state index in [4.69, 9.17) is 11.5 Å². The van der Waals surface area contributed by atoms with Crippen molar-refractivity contribution >= 4 is 17.5 Å². The molecule has 0 saturated heterocycles. The summed E-state index contributed by atoms with van der Waals surface area (Å²) in [5, 5.41) is 2.83. The van der Waals surface area contributed by atoms with Crippen molar-refractivity contribution in [2.75, 3.05) is 18.8 Å². The molecule has 2 amide bonds. The molecule has 0 bridgehead atoms. The van der Waals surface area contributed by atoms with Crippen LogP contribution in [-0.4, -0.2) is 35.8 Å². The van der Waals surface area contributed by atoms with E-state index in [1.807, 2.05) is 19.1 Å². The molecule has 6 heteroatoms. The summed E-state index contributed by atoms with van der Waals surface area (Å²) in [6, 6.07) is 6.90. The Morgan fingerprint density at radius 2 is 1.90 bits per heavy atom. The van der Waals surface area contributed by atoms with Gasteiger partial charge in [0.05, 0.1) is 12.6 Å². The smallest absolute Gasteiger partial charge is 0.237 e. The molecule has 1 aromatic rings. The second-order valence-corrected chi connectivity index (χ2v) is 5.08. The number of hydrogen-bond donors (Lipinski definition) is 3. The molecule has 5 N–H and O–H groups in total. The monoisotopic (exact) mass is 292 g/mol. The number of carbonyl (C=O) groups is 2. The molecule has 1 unspecified atom stereocenters. The van der Waals surface area contributed by atoms with Crippen molar-refractivity contribution in [2.24, 2.45) is 5.73 Å². The molecule has 21 heavy (non-hydrogen) atoms. The fraction of sp³-hybridized carbons (Fsp3) is 0.467. The molecule has 0 aromatic heterocycles. The summed E-state index contributed by atoms with van der Waals surface area (Å²) in [7, 11) is 0. The second kappa shape index (κ2) is 8.26. The second-order valence-electron chi connectivity index (χ2n) is 5.08. The highest BCUT2D eigenvalue weighted by molar-refractivity contribution is 5.82. The van der Waals surface area contributed by atoms with Crippen molar-refractivity contribution < 1.29 is 9.59 Å². The molecule has 0 saturated carbocycles. The Labute approximate surface area is 125 Å². The number of rotatable bonds is 8. The van der Waals surface area contributed by atoms with Crippen molar-refractivity contribution in [1.82, 2.24) is 10.2 Å². The van der Waals surface area contributed by atoms with Gasteiger partial charge in [-0.15, -0.1) is 0 Å². The molecule has 116 valence electrons. The molecule has 0 aliphatic carbocycles. The third-order valence-corrected chi connectivity index (χ3v) is 3.20. The zero-order valence-electron chi connectivity index (χ0n) is 12.6. The van der Waals surface area contributed by atoms with Gasteiger partial charge in [0.2, 0.25) is 11.8 Å². The third-order valence-electron chi connectivity index (χ3n) is 3.20. The molecule has 0 spiro atoms. The van der Waals surface area contributed by atoms with Gasteiger partial charge < -0.3 is 16.8 Å². The average Bonchev–Trinajstić information content (AvgIpc) is 2.45. The molecule has 1 atom stereocenters. The van der Waals surface area contributed by atoms with Crippen LogP contribution in [0.2, 0.25) is 0 Å². The number of nitrogen functional groups attached to an aromatic ring is 1. The van der Waals surface area contributed by atoms with Crippen LogP contribution in [0.15, 0.2) is 24.3 Å². The molecule has 0 radical (unpaired) electrons. The Bertz CT molecular complexity index is 473. The number of amides is 2. The van der Waals surface area contributed by atoms with Crippen LogP contribution in [0, 0.1) is 0 Å². The van der Waals surface area contributed by atoms with Gasteiger partial charge in [0.25, 0.3) is 0 Å². The lowest BCUT2D eigenvalue weighted by Crippen LogP contribution is -2.47. The minimum Gasteiger partial charge on any atom is -0.399 e. The first kappa shape index (κ1) is 17.0. The lowest BCUT2D eigenvalue weighted by Gasteiger charge is -2.27. The van der Waals surface area contributed by atoms with E-state index in [2.05, 4.69) is 5.32 Å². The Morgan fingerprint density at radius 1 is 1.29 bits per heavy atom. The number of carbonyl (C=O) groups excluding carboxylic acids is 2. The van der Waals surface area contributed by atoms with Crippen molar-refractivity contribution in [3.63, 3.8) is 0 Å². The van der Waals surface area contributed by atoms with Crippen molar-refractivity contribution in [1.29, 1.82) is 0 Å². The van der Waals surface area contributed by atoms with Gasteiger partial charge in [0.1, 0.15) is 0 Å². The minimum atomic E-state index is -0.458. The van der Waals surface area contributed by atoms with E-state index in [-0.39, 0.29) is 12.5 Å². The molecule has 0 heterocycles. The van der Waals surface area contributed by atoms with E-state index >= 15 is 0 Å². The van der Waals surface area contributed by atoms with Crippen molar-refractivity contribution in [2.45, 2.75) is 32.9 Å². The highest BCUT2D eigenvalue weighted by Crippen LogP contribution is 2.11. The van der Waals surface area contributed by atoms with Gasteiger partial charge in [-0.25, -0.2) is 0 Å². The average molecular weight is 292 g/mol. The van der Waals surface area contributed by atoms with E-state index in [1.165, 1.54) is 0 Å². The Kier molecular flexibility index (Phi) is 6.68. The van der Waals surface area contributed by atoms with E-state index in [9.17, 15) is 9.59 Å². The summed E-state index contributed by atoms with van der Waals surface area (Å²) in [6.45, 7) is 4.87. The zero-order valence-corrected chi connectivity index (χ0v) is 12.6. The van der Waals surface area contributed by atoms with E-state index in [0.29, 0.717) is 18.8 Å². The number of nitrogens with one attached hydrogen (secondary N) is 1. The summed E-state index contributed by atoms with van der Waals surface area (Å²) >= 11 is 0. The van der Waals surface area contributed by atoms with Crippen LogP contribution in [0.3, 0.4) is 0 Å². The molecular formula is C15H24N4O2. The molecule has 1 rings (SSSR count). The Balaban J connectivity index is 2.76. The summed E-state index contributed by atoms with van der Waals surface area (Å²) in [5.74, 6) is -0.561. The topological polar surface area (TPSA) is 101 Å². The number of primary amides is 1. The quantitative estimate of drug-likeness (QED) is 0.606. The van der Waals surface area contributed by atoms with Gasteiger partial charge in [0, 0.05) is 18.8 Å². The van der Waals surface area contributed by atoms with Crippen LogP contribution >= 0.6 is 0 Å². The maximum absolute atomic E-state index is 12.0. The first-order chi connectivity index (χ1) is 9.93. The van der Waals surface area contributed by atoms with Crippen LogP contribution < -0.4 is 16.8 Å². The van der Waals surface area contributed by atoms with Gasteiger partial charge in [0.15, 0.2) is 0 Å². The molecule has 0 aliphatic rings. The zero-order chi connectivity index (χ0) is 15.8. The number of hydrogen-bond acceptors (Lipinski definition) is 4. The summed E-state index contributed by atoms with van der Waals surface area (Å²) in [6.07, 6.45) is 0.867. The fourth-order valence-electron chi connectivity index (χ4n) is 1.95. The summed E-state index contributed by atoms with van der Waals surface area (Å²) < 4.78 is 0. The molecule has 6 nitrogen and oxygen atoms in total. The van der Waals surface area contributed by atoms with E-state index < -0.39 is 11.9 Å². The Hall–Kier alpha value is -2.08. The van der Waals surface area contributed by atoms with Gasteiger partial charge >= 0.3 is 0 Å². The molecule has 1 aromatic carbocycles. The Morgan fingerprint density at radius 3 is 2.43 bits per heavy atom. The minimum absolute atomic E-state index is 0.0328. The maximum Gasteiger partial charge on any atom is 0.237 e. The lowest BCUT2D eigenvalue weighted by atomic mass is 10.1. The summed E-state index contributed by atoms with van der Waals surface area (Å²) in [4.78, 5) is 25.0. The van der Waals surface area contributed by atoms with Gasteiger partial charge in [-0.2, -0.15) is 0 Å². The highest BCUT2D eigenvalue weighted by atomic mass is 16.2. The third kappa shape index (κ3) is 5.83. The van der Waals surface area contributed by atoms with Crippen molar-refractivity contribution in [3.8, 4) is 0 Å².